The Morgan fingerprint density at radius 1 is 0.758 bits per heavy atom. The molecule has 6 heteroatoms. The zero-order valence-electron chi connectivity index (χ0n) is 19.6. The molecule has 33 heavy (non-hydrogen) atoms. The summed E-state index contributed by atoms with van der Waals surface area (Å²) in [5, 5.41) is 0. The maximum Gasteiger partial charge on any atom is 0.263 e. The van der Waals surface area contributed by atoms with E-state index in [4.69, 9.17) is 4.74 Å². The number of carbonyl (C=O) groups is 1. The number of anilines is 4. The second kappa shape index (κ2) is 9.53. The van der Waals surface area contributed by atoms with Gasteiger partial charge in [0.1, 0.15) is 5.82 Å². The molecule has 1 aliphatic rings. The molecule has 5 nitrogen and oxygen atoms in total. The average molecular weight is 448 g/mol. The fraction of sp³-hybridized carbons (Fsp3) is 0.296. The standard InChI is InChI=1S/C27H30FN3O2/c1-5-29(6-2)21-13-15-23-25(17-21)33-26-18-22(30(7-3)8-4)14-16-24(26)31(23)27(32)19-9-11-20(28)12-10-19/h9-18H,5-8H2,1-4H3. The minimum Gasteiger partial charge on any atom is -0.453 e. The van der Waals surface area contributed by atoms with Crippen LogP contribution in [0.5, 0.6) is 11.5 Å². The minimum absolute atomic E-state index is 0.230. The first-order chi connectivity index (χ1) is 16.0. The number of benzene rings is 3. The van der Waals surface area contributed by atoms with Crippen molar-refractivity contribution >= 4 is 28.7 Å². The number of nitrogens with zero attached hydrogens (tertiary/aromatic N) is 3. The molecule has 3 aromatic rings. The Morgan fingerprint density at radius 2 is 1.21 bits per heavy atom. The third-order valence-corrected chi connectivity index (χ3v) is 6.14. The van der Waals surface area contributed by atoms with Gasteiger partial charge in [-0.15, -0.1) is 0 Å². The van der Waals surface area contributed by atoms with Gasteiger partial charge >= 0.3 is 0 Å². The number of rotatable bonds is 7. The van der Waals surface area contributed by atoms with Crippen LogP contribution in [0.2, 0.25) is 0 Å². The van der Waals surface area contributed by atoms with Crippen molar-refractivity contribution in [2.75, 3.05) is 40.9 Å². The van der Waals surface area contributed by atoms with Crippen LogP contribution < -0.4 is 19.4 Å². The molecule has 4 rings (SSSR count). The number of fused-ring (bicyclic) bond motifs is 2. The van der Waals surface area contributed by atoms with Crippen molar-refractivity contribution in [3.63, 3.8) is 0 Å². The predicted molar refractivity (Wildman–Crippen MR) is 133 cm³/mol. The quantitative estimate of drug-likeness (QED) is 0.409. The molecular formula is C27H30FN3O2. The number of carbonyl (C=O) groups excluding carboxylic acids is 1. The summed E-state index contributed by atoms with van der Waals surface area (Å²) >= 11 is 0. The van der Waals surface area contributed by atoms with Gasteiger partial charge in [-0.05, 0) is 76.2 Å². The van der Waals surface area contributed by atoms with Crippen molar-refractivity contribution in [1.29, 1.82) is 0 Å². The fourth-order valence-corrected chi connectivity index (χ4v) is 4.30. The van der Waals surface area contributed by atoms with Crippen molar-refractivity contribution in [1.82, 2.24) is 0 Å². The Morgan fingerprint density at radius 3 is 1.64 bits per heavy atom. The SMILES string of the molecule is CCN(CC)c1ccc2c(c1)Oc1cc(N(CC)CC)ccc1N2C(=O)c1ccc(F)cc1. The topological polar surface area (TPSA) is 36.0 Å². The van der Waals surface area contributed by atoms with Crippen molar-refractivity contribution in [3.05, 3.63) is 72.0 Å². The molecule has 0 bridgehead atoms. The maximum absolute atomic E-state index is 13.6. The van der Waals surface area contributed by atoms with Crippen LogP contribution in [0.1, 0.15) is 38.1 Å². The molecule has 0 aromatic heterocycles. The number of halogens is 1. The summed E-state index contributed by atoms with van der Waals surface area (Å²) in [6.45, 7) is 11.9. The highest BCUT2D eigenvalue weighted by atomic mass is 19.1. The van der Waals surface area contributed by atoms with E-state index >= 15 is 0 Å². The van der Waals surface area contributed by atoms with E-state index in [1.807, 2.05) is 36.4 Å². The largest absolute Gasteiger partial charge is 0.453 e. The lowest BCUT2D eigenvalue weighted by Crippen LogP contribution is -2.29. The smallest absolute Gasteiger partial charge is 0.263 e. The van der Waals surface area contributed by atoms with Crippen LogP contribution in [0.4, 0.5) is 27.1 Å². The molecule has 0 spiro atoms. The van der Waals surface area contributed by atoms with Crippen molar-refractivity contribution in [2.45, 2.75) is 27.7 Å². The Labute approximate surface area is 195 Å². The van der Waals surface area contributed by atoms with Gasteiger partial charge < -0.3 is 14.5 Å². The lowest BCUT2D eigenvalue weighted by molar-refractivity contribution is 0.0997. The zero-order valence-corrected chi connectivity index (χ0v) is 19.6. The first-order valence-electron chi connectivity index (χ1n) is 11.6. The van der Waals surface area contributed by atoms with Gasteiger partial charge in [-0.3, -0.25) is 9.69 Å². The molecule has 0 fully saturated rings. The number of hydrogen-bond donors (Lipinski definition) is 0. The van der Waals surface area contributed by atoms with Crippen LogP contribution in [0.3, 0.4) is 0 Å². The molecule has 0 radical (unpaired) electrons. The summed E-state index contributed by atoms with van der Waals surface area (Å²) in [4.78, 5) is 19.8. The molecule has 1 amide bonds. The summed E-state index contributed by atoms with van der Waals surface area (Å²) in [6, 6.07) is 17.5. The summed E-state index contributed by atoms with van der Waals surface area (Å²) in [6.07, 6.45) is 0. The van der Waals surface area contributed by atoms with Gasteiger partial charge in [-0.2, -0.15) is 0 Å². The lowest BCUT2D eigenvalue weighted by Gasteiger charge is -2.33. The Hall–Kier alpha value is -3.54. The van der Waals surface area contributed by atoms with E-state index in [-0.39, 0.29) is 11.7 Å². The highest BCUT2D eigenvalue weighted by Gasteiger charge is 2.31. The number of hydrogen-bond acceptors (Lipinski definition) is 4. The van der Waals surface area contributed by atoms with Gasteiger partial charge in [-0.25, -0.2) is 4.39 Å². The molecule has 0 saturated heterocycles. The Kier molecular flexibility index (Phi) is 6.54. The second-order valence-corrected chi connectivity index (χ2v) is 7.90. The van der Waals surface area contributed by atoms with Crippen LogP contribution in [-0.2, 0) is 0 Å². The van der Waals surface area contributed by atoms with Crippen LogP contribution in [0.15, 0.2) is 60.7 Å². The predicted octanol–water partition coefficient (Wildman–Crippen LogP) is 6.60. The van der Waals surface area contributed by atoms with Gasteiger partial charge in [-0.1, -0.05) is 0 Å². The van der Waals surface area contributed by atoms with Crippen LogP contribution in [0, 0.1) is 5.82 Å². The molecule has 172 valence electrons. The average Bonchev–Trinajstić information content (AvgIpc) is 2.84. The van der Waals surface area contributed by atoms with E-state index in [0.717, 1.165) is 37.6 Å². The summed E-state index contributed by atoms with van der Waals surface area (Å²) in [7, 11) is 0. The fourth-order valence-electron chi connectivity index (χ4n) is 4.30. The third kappa shape index (κ3) is 4.25. The monoisotopic (exact) mass is 447 g/mol. The van der Waals surface area contributed by atoms with E-state index in [1.54, 1.807) is 4.90 Å². The van der Waals surface area contributed by atoms with Gasteiger partial charge in [0.2, 0.25) is 0 Å². The lowest BCUT2D eigenvalue weighted by atomic mass is 10.1. The first kappa shape index (κ1) is 22.6. The van der Waals surface area contributed by atoms with E-state index in [2.05, 4.69) is 37.5 Å². The molecule has 1 heterocycles. The summed E-state index contributed by atoms with van der Waals surface area (Å²) in [5.74, 6) is 0.646. The van der Waals surface area contributed by atoms with Crippen molar-refractivity contribution < 1.29 is 13.9 Å². The van der Waals surface area contributed by atoms with E-state index in [9.17, 15) is 9.18 Å². The number of ether oxygens (including phenoxy) is 1. The maximum atomic E-state index is 13.6. The van der Waals surface area contributed by atoms with Crippen LogP contribution in [-0.4, -0.2) is 32.1 Å². The molecule has 0 atom stereocenters. The van der Waals surface area contributed by atoms with Gasteiger partial charge in [0, 0.05) is 55.2 Å². The molecular weight excluding hydrogens is 417 g/mol. The highest BCUT2D eigenvalue weighted by Crippen LogP contribution is 2.49. The molecule has 0 saturated carbocycles. The molecule has 3 aromatic carbocycles. The second-order valence-electron chi connectivity index (χ2n) is 7.90. The van der Waals surface area contributed by atoms with Crippen LogP contribution in [0.25, 0.3) is 0 Å². The van der Waals surface area contributed by atoms with Crippen molar-refractivity contribution in [2.24, 2.45) is 0 Å². The minimum atomic E-state index is -0.373. The van der Waals surface area contributed by atoms with Crippen molar-refractivity contribution in [3.8, 4) is 11.5 Å². The van der Waals surface area contributed by atoms with E-state index < -0.39 is 0 Å². The van der Waals surface area contributed by atoms with Gasteiger partial charge in [0.15, 0.2) is 11.5 Å². The van der Waals surface area contributed by atoms with Gasteiger partial charge in [0.05, 0.1) is 11.4 Å². The third-order valence-electron chi connectivity index (χ3n) is 6.14. The first-order valence-corrected chi connectivity index (χ1v) is 11.6. The Bertz CT molecular complexity index is 1080. The normalized spacial score (nSPS) is 12.0. The number of amides is 1. The highest BCUT2D eigenvalue weighted by molar-refractivity contribution is 6.13. The molecule has 1 aliphatic heterocycles. The van der Waals surface area contributed by atoms with Gasteiger partial charge in [0.25, 0.3) is 5.91 Å². The zero-order chi connectivity index (χ0) is 23.5. The summed E-state index contributed by atoms with van der Waals surface area (Å²) < 4.78 is 19.9. The van der Waals surface area contributed by atoms with Crippen LogP contribution >= 0.6 is 0 Å². The molecule has 0 aliphatic carbocycles. The van der Waals surface area contributed by atoms with E-state index in [0.29, 0.717) is 28.4 Å². The summed E-state index contributed by atoms with van der Waals surface area (Å²) in [5.41, 5.74) is 3.83. The Balaban J connectivity index is 1.84. The molecule has 0 N–H and O–H groups in total. The molecule has 0 unspecified atom stereocenters. The van der Waals surface area contributed by atoms with E-state index in [1.165, 1.54) is 24.3 Å².